The van der Waals surface area contributed by atoms with Gasteiger partial charge in [-0.25, -0.2) is 0 Å². The molecule has 0 spiro atoms. The highest BCUT2D eigenvalue weighted by Crippen LogP contribution is 2.25. The van der Waals surface area contributed by atoms with Gasteiger partial charge in [0.15, 0.2) is 0 Å². The SMILES string of the molecule is CC(CCN)C(=O)Nc1ccc(C#N)cc1[N+](=O)[O-]. The Balaban J connectivity index is 2.98. The number of amides is 1. The molecule has 3 N–H and O–H groups in total. The summed E-state index contributed by atoms with van der Waals surface area (Å²) in [6.07, 6.45) is 0.496. The van der Waals surface area contributed by atoms with Gasteiger partial charge in [0, 0.05) is 12.0 Å². The predicted octanol–water partition coefficient (Wildman–Crippen LogP) is 1.39. The molecule has 1 amide bonds. The third-order valence-corrected chi connectivity index (χ3v) is 2.63. The zero-order chi connectivity index (χ0) is 14.4. The highest BCUT2D eigenvalue weighted by molar-refractivity contribution is 5.94. The number of benzene rings is 1. The average Bonchev–Trinajstić information content (AvgIpc) is 2.39. The molecule has 100 valence electrons. The van der Waals surface area contributed by atoms with E-state index in [-0.39, 0.29) is 28.8 Å². The second-order valence-corrected chi connectivity index (χ2v) is 4.07. The van der Waals surface area contributed by atoms with Crippen LogP contribution in [-0.2, 0) is 4.79 Å². The van der Waals surface area contributed by atoms with Crippen molar-refractivity contribution in [2.24, 2.45) is 11.7 Å². The van der Waals surface area contributed by atoms with Crippen molar-refractivity contribution in [3.63, 3.8) is 0 Å². The van der Waals surface area contributed by atoms with Crippen LogP contribution >= 0.6 is 0 Å². The van der Waals surface area contributed by atoms with Crippen LogP contribution in [0.5, 0.6) is 0 Å². The van der Waals surface area contributed by atoms with Gasteiger partial charge < -0.3 is 11.1 Å². The molecule has 1 unspecified atom stereocenters. The summed E-state index contributed by atoms with van der Waals surface area (Å²) in [5.74, 6) is -0.668. The molecule has 7 heteroatoms. The monoisotopic (exact) mass is 262 g/mol. The molecule has 0 aliphatic rings. The first kappa shape index (κ1) is 14.6. The molecule has 0 saturated carbocycles. The van der Waals surface area contributed by atoms with Crippen LogP contribution in [0.15, 0.2) is 18.2 Å². The lowest BCUT2D eigenvalue weighted by Gasteiger charge is -2.11. The van der Waals surface area contributed by atoms with E-state index in [0.717, 1.165) is 6.07 Å². The average molecular weight is 262 g/mol. The second-order valence-electron chi connectivity index (χ2n) is 4.07. The number of nitro benzene ring substituents is 1. The molecule has 1 aromatic rings. The van der Waals surface area contributed by atoms with Gasteiger partial charge in [0.25, 0.3) is 5.69 Å². The van der Waals surface area contributed by atoms with Gasteiger partial charge in [-0.3, -0.25) is 14.9 Å². The maximum absolute atomic E-state index is 11.8. The maximum Gasteiger partial charge on any atom is 0.294 e. The van der Waals surface area contributed by atoms with Gasteiger partial charge in [-0.2, -0.15) is 5.26 Å². The fourth-order valence-electron chi connectivity index (χ4n) is 1.49. The standard InChI is InChI=1S/C12H14N4O3/c1-8(4-5-13)12(17)15-10-3-2-9(7-14)6-11(10)16(18)19/h2-3,6,8H,4-5,13H2,1H3,(H,15,17). The smallest absolute Gasteiger partial charge is 0.294 e. The van der Waals surface area contributed by atoms with Crippen molar-refractivity contribution in [2.75, 3.05) is 11.9 Å². The van der Waals surface area contributed by atoms with E-state index in [4.69, 9.17) is 11.0 Å². The number of nitrogens with two attached hydrogens (primary N) is 1. The fraction of sp³-hybridized carbons (Fsp3) is 0.333. The Morgan fingerprint density at radius 3 is 2.84 bits per heavy atom. The van der Waals surface area contributed by atoms with Crippen molar-refractivity contribution in [1.82, 2.24) is 0 Å². The number of nitro groups is 1. The first-order chi connectivity index (χ1) is 8.99. The molecular formula is C12H14N4O3. The number of hydrogen-bond donors (Lipinski definition) is 2. The van der Waals surface area contributed by atoms with E-state index in [1.165, 1.54) is 12.1 Å². The summed E-state index contributed by atoms with van der Waals surface area (Å²) in [7, 11) is 0. The number of carbonyl (C=O) groups is 1. The first-order valence-corrected chi connectivity index (χ1v) is 5.69. The lowest BCUT2D eigenvalue weighted by molar-refractivity contribution is -0.384. The quantitative estimate of drug-likeness (QED) is 0.613. The normalized spacial score (nSPS) is 11.4. The topological polar surface area (TPSA) is 122 Å². The number of anilines is 1. The van der Waals surface area contributed by atoms with Crippen molar-refractivity contribution in [3.05, 3.63) is 33.9 Å². The predicted molar refractivity (Wildman–Crippen MR) is 69.3 cm³/mol. The van der Waals surface area contributed by atoms with Crippen molar-refractivity contribution in [2.45, 2.75) is 13.3 Å². The van der Waals surface area contributed by atoms with Crippen LogP contribution in [0.2, 0.25) is 0 Å². The summed E-state index contributed by atoms with van der Waals surface area (Å²) >= 11 is 0. The Morgan fingerprint density at radius 1 is 1.63 bits per heavy atom. The zero-order valence-electron chi connectivity index (χ0n) is 10.4. The zero-order valence-corrected chi connectivity index (χ0v) is 10.4. The summed E-state index contributed by atoms with van der Waals surface area (Å²) in [5, 5.41) is 22.1. The summed E-state index contributed by atoms with van der Waals surface area (Å²) in [6, 6.07) is 5.70. The molecule has 1 rings (SSSR count). The van der Waals surface area contributed by atoms with E-state index in [1.807, 2.05) is 6.07 Å². The molecule has 1 atom stereocenters. The first-order valence-electron chi connectivity index (χ1n) is 5.69. The molecule has 0 radical (unpaired) electrons. The Morgan fingerprint density at radius 2 is 2.32 bits per heavy atom. The molecule has 0 aliphatic carbocycles. The van der Waals surface area contributed by atoms with Gasteiger partial charge in [-0.15, -0.1) is 0 Å². The van der Waals surface area contributed by atoms with Crippen LogP contribution in [0.25, 0.3) is 0 Å². The molecule has 0 saturated heterocycles. The maximum atomic E-state index is 11.8. The van der Waals surface area contributed by atoms with Crippen LogP contribution in [-0.4, -0.2) is 17.4 Å². The molecule has 0 heterocycles. The van der Waals surface area contributed by atoms with E-state index in [9.17, 15) is 14.9 Å². The molecule has 0 bridgehead atoms. The molecular weight excluding hydrogens is 248 g/mol. The molecule has 0 aromatic heterocycles. The van der Waals surface area contributed by atoms with E-state index < -0.39 is 4.92 Å². The number of nitriles is 1. The number of carbonyl (C=O) groups excluding carboxylic acids is 1. The van der Waals surface area contributed by atoms with Crippen molar-refractivity contribution < 1.29 is 9.72 Å². The minimum Gasteiger partial charge on any atom is -0.330 e. The lowest BCUT2D eigenvalue weighted by Crippen LogP contribution is -2.23. The fourth-order valence-corrected chi connectivity index (χ4v) is 1.49. The number of hydrogen-bond acceptors (Lipinski definition) is 5. The molecule has 1 aromatic carbocycles. The van der Waals surface area contributed by atoms with Gasteiger partial charge in [0.2, 0.25) is 5.91 Å². The van der Waals surface area contributed by atoms with Crippen molar-refractivity contribution in [3.8, 4) is 6.07 Å². The number of rotatable bonds is 5. The Bertz CT molecular complexity index is 536. The third-order valence-electron chi connectivity index (χ3n) is 2.63. The minimum absolute atomic E-state index is 0.0814. The van der Waals surface area contributed by atoms with Gasteiger partial charge in [-0.1, -0.05) is 6.92 Å². The van der Waals surface area contributed by atoms with Crippen LogP contribution in [0.4, 0.5) is 11.4 Å². The highest BCUT2D eigenvalue weighted by Gasteiger charge is 2.19. The Kier molecular flexibility index (Phi) is 4.97. The van der Waals surface area contributed by atoms with Crippen molar-refractivity contribution in [1.29, 1.82) is 5.26 Å². The number of nitrogens with one attached hydrogen (secondary N) is 1. The van der Waals surface area contributed by atoms with E-state index in [1.54, 1.807) is 6.92 Å². The Hall–Kier alpha value is -2.46. The third kappa shape index (κ3) is 3.76. The van der Waals surface area contributed by atoms with Gasteiger partial charge in [-0.05, 0) is 25.1 Å². The van der Waals surface area contributed by atoms with Crippen LogP contribution in [0, 0.1) is 27.4 Å². The van der Waals surface area contributed by atoms with Crippen molar-refractivity contribution >= 4 is 17.3 Å². The molecule has 19 heavy (non-hydrogen) atoms. The van der Waals surface area contributed by atoms with Crippen LogP contribution in [0.1, 0.15) is 18.9 Å². The summed E-state index contributed by atoms with van der Waals surface area (Å²) in [6.45, 7) is 2.06. The minimum atomic E-state index is -0.635. The van der Waals surface area contributed by atoms with E-state index in [2.05, 4.69) is 5.32 Å². The summed E-state index contributed by atoms with van der Waals surface area (Å²) < 4.78 is 0. The van der Waals surface area contributed by atoms with Gasteiger partial charge in [0.1, 0.15) is 5.69 Å². The molecule has 0 fully saturated rings. The summed E-state index contributed by atoms with van der Waals surface area (Å²) in [4.78, 5) is 22.0. The largest absolute Gasteiger partial charge is 0.330 e. The summed E-state index contributed by atoms with van der Waals surface area (Å²) in [5.41, 5.74) is 5.30. The second kappa shape index (κ2) is 6.47. The molecule has 0 aliphatic heterocycles. The number of nitrogens with zero attached hydrogens (tertiary/aromatic N) is 2. The highest BCUT2D eigenvalue weighted by atomic mass is 16.6. The van der Waals surface area contributed by atoms with E-state index in [0.29, 0.717) is 13.0 Å². The van der Waals surface area contributed by atoms with E-state index >= 15 is 0 Å². The van der Waals surface area contributed by atoms with Crippen LogP contribution in [0.3, 0.4) is 0 Å². The molecule has 7 nitrogen and oxygen atoms in total. The Labute approximate surface area is 110 Å². The van der Waals surface area contributed by atoms with Gasteiger partial charge in [0.05, 0.1) is 16.6 Å². The lowest BCUT2D eigenvalue weighted by atomic mass is 10.1. The van der Waals surface area contributed by atoms with Gasteiger partial charge >= 0.3 is 0 Å². The van der Waals surface area contributed by atoms with Crippen LogP contribution < -0.4 is 11.1 Å².